The Labute approximate surface area is 151 Å². The summed E-state index contributed by atoms with van der Waals surface area (Å²) in [6, 6.07) is 8.12. The van der Waals surface area contributed by atoms with Gasteiger partial charge < -0.3 is 15.5 Å². The number of nitrogens with one attached hydrogen (secondary N) is 2. The molecule has 3 atom stereocenters. The van der Waals surface area contributed by atoms with Crippen molar-refractivity contribution in [3.8, 4) is 0 Å². The minimum absolute atomic E-state index is 0.0205. The van der Waals surface area contributed by atoms with Gasteiger partial charge in [0.2, 0.25) is 11.8 Å². The Bertz CT molecular complexity index is 602. The van der Waals surface area contributed by atoms with Crippen LogP contribution in [0.25, 0.3) is 0 Å². The van der Waals surface area contributed by atoms with Crippen LogP contribution in [0.4, 0.5) is 0 Å². The number of rotatable bonds is 6. The van der Waals surface area contributed by atoms with Gasteiger partial charge in [-0.2, -0.15) is 0 Å². The fourth-order valence-electron chi connectivity index (χ4n) is 3.49. The molecule has 0 unspecified atom stereocenters. The van der Waals surface area contributed by atoms with Gasteiger partial charge in [0.05, 0.1) is 6.04 Å². The molecule has 2 amide bonds. The average molecular weight is 345 g/mol. The largest absolute Gasteiger partial charge is 0.351 e. The fraction of sp³-hybridized carbons (Fsp3) is 0.600. The van der Waals surface area contributed by atoms with Crippen molar-refractivity contribution < 1.29 is 9.59 Å². The van der Waals surface area contributed by atoms with E-state index >= 15 is 0 Å². The molecule has 5 nitrogen and oxygen atoms in total. The summed E-state index contributed by atoms with van der Waals surface area (Å²) in [5.41, 5.74) is 2.33. The van der Waals surface area contributed by atoms with Gasteiger partial charge in [0.15, 0.2) is 0 Å². The lowest BCUT2D eigenvalue weighted by Crippen LogP contribution is -2.55. The normalized spacial score (nSPS) is 21.7. The van der Waals surface area contributed by atoms with Crippen molar-refractivity contribution in [1.29, 1.82) is 0 Å². The Morgan fingerprint density at radius 1 is 1.32 bits per heavy atom. The molecule has 1 aromatic rings. The molecule has 0 saturated carbocycles. The summed E-state index contributed by atoms with van der Waals surface area (Å²) in [5.74, 6) is 0.553. The summed E-state index contributed by atoms with van der Waals surface area (Å²) in [6.07, 6.45) is 1.90. The molecule has 0 aromatic heterocycles. The van der Waals surface area contributed by atoms with Gasteiger partial charge in [-0.15, -0.1) is 0 Å². The van der Waals surface area contributed by atoms with Gasteiger partial charge in [-0.1, -0.05) is 37.6 Å². The molecular formula is C20H31N3O2. The van der Waals surface area contributed by atoms with Crippen LogP contribution < -0.4 is 10.6 Å². The number of benzene rings is 1. The van der Waals surface area contributed by atoms with E-state index in [1.807, 2.05) is 30.0 Å². The van der Waals surface area contributed by atoms with Crippen LogP contribution in [0, 0.1) is 12.8 Å². The summed E-state index contributed by atoms with van der Waals surface area (Å²) in [4.78, 5) is 25.9. The van der Waals surface area contributed by atoms with E-state index in [0.29, 0.717) is 12.5 Å². The van der Waals surface area contributed by atoms with Crippen LogP contribution in [-0.2, 0) is 16.1 Å². The zero-order chi connectivity index (χ0) is 18.4. The molecule has 0 bridgehead atoms. The van der Waals surface area contributed by atoms with Crippen LogP contribution in [0.2, 0.25) is 0 Å². The summed E-state index contributed by atoms with van der Waals surface area (Å²) < 4.78 is 0. The molecule has 0 aliphatic carbocycles. The van der Waals surface area contributed by atoms with E-state index in [1.54, 1.807) is 6.92 Å². The highest BCUT2D eigenvalue weighted by atomic mass is 16.2. The van der Waals surface area contributed by atoms with Crippen LogP contribution >= 0.6 is 0 Å². The van der Waals surface area contributed by atoms with E-state index in [4.69, 9.17) is 0 Å². The average Bonchev–Trinajstić information content (AvgIpc) is 2.60. The topological polar surface area (TPSA) is 61.4 Å². The second-order valence-corrected chi connectivity index (χ2v) is 7.06. The number of likely N-dealkylation sites (tertiary alicyclic amines) is 1. The first-order valence-corrected chi connectivity index (χ1v) is 9.26. The molecule has 0 radical (unpaired) electrons. The van der Waals surface area contributed by atoms with Crippen molar-refractivity contribution in [1.82, 2.24) is 15.5 Å². The third-order valence-corrected chi connectivity index (χ3v) is 5.28. The molecular weight excluding hydrogens is 314 g/mol. The maximum atomic E-state index is 12.4. The molecule has 1 aliphatic heterocycles. The number of carbonyl (C=O) groups is 2. The van der Waals surface area contributed by atoms with Crippen molar-refractivity contribution in [2.24, 2.45) is 5.92 Å². The first-order valence-electron chi connectivity index (χ1n) is 9.26. The van der Waals surface area contributed by atoms with Crippen molar-refractivity contribution in [3.63, 3.8) is 0 Å². The number of nitrogens with zero attached hydrogens (tertiary/aromatic N) is 1. The smallest absolute Gasteiger partial charge is 0.237 e. The SMILES string of the molecule is CC[C@@H]1CN(C(C)=O)CC[C@H]1N[C@@H](C)C(=O)NCc1ccccc1C. The third-order valence-electron chi connectivity index (χ3n) is 5.28. The Kier molecular flexibility index (Phi) is 7.00. The van der Waals surface area contributed by atoms with Gasteiger partial charge in [-0.25, -0.2) is 0 Å². The summed E-state index contributed by atoms with van der Waals surface area (Å²) in [5, 5.41) is 6.50. The number of hydrogen-bond acceptors (Lipinski definition) is 3. The Balaban J connectivity index is 1.85. The van der Waals surface area contributed by atoms with Crippen LogP contribution in [0.15, 0.2) is 24.3 Å². The van der Waals surface area contributed by atoms with Crippen LogP contribution in [0.1, 0.15) is 44.7 Å². The molecule has 1 aliphatic rings. The predicted octanol–water partition coefficient (Wildman–Crippen LogP) is 2.24. The molecule has 1 heterocycles. The van der Waals surface area contributed by atoms with Gasteiger partial charge in [0.25, 0.3) is 0 Å². The van der Waals surface area contributed by atoms with Gasteiger partial charge in [0, 0.05) is 32.6 Å². The molecule has 1 saturated heterocycles. The van der Waals surface area contributed by atoms with Crippen molar-refractivity contribution in [2.75, 3.05) is 13.1 Å². The first kappa shape index (κ1) is 19.4. The molecule has 0 spiro atoms. The maximum Gasteiger partial charge on any atom is 0.237 e. The van der Waals surface area contributed by atoms with E-state index in [-0.39, 0.29) is 23.9 Å². The molecule has 1 aromatic carbocycles. The number of carbonyl (C=O) groups excluding carboxylic acids is 2. The quantitative estimate of drug-likeness (QED) is 0.831. The van der Waals surface area contributed by atoms with Crippen molar-refractivity contribution in [2.45, 2.75) is 59.2 Å². The highest BCUT2D eigenvalue weighted by Crippen LogP contribution is 2.21. The van der Waals surface area contributed by atoms with Crippen LogP contribution in [0.3, 0.4) is 0 Å². The number of hydrogen-bond donors (Lipinski definition) is 2. The fourth-order valence-corrected chi connectivity index (χ4v) is 3.49. The summed E-state index contributed by atoms with van der Waals surface area (Å²) in [6.45, 7) is 9.84. The zero-order valence-corrected chi connectivity index (χ0v) is 15.8. The lowest BCUT2D eigenvalue weighted by molar-refractivity contribution is -0.131. The molecule has 2 N–H and O–H groups in total. The second-order valence-electron chi connectivity index (χ2n) is 7.06. The summed E-state index contributed by atoms with van der Waals surface area (Å²) in [7, 11) is 0. The Morgan fingerprint density at radius 2 is 2.04 bits per heavy atom. The minimum Gasteiger partial charge on any atom is -0.351 e. The molecule has 5 heteroatoms. The van der Waals surface area contributed by atoms with E-state index in [9.17, 15) is 9.59 Å². The van der Waals surface area contributed by atoms with E-state index < -0.39 is 0 Å². The monoisotopic (exact) mass is 345 g/mol. The van der Waals surface area contributed by atoms with Gasteiger partial charge in [-0.3, -0.25) is 9.59 Å². The summed E-state index contributed by atoms with van der Waals surface area (Å²) >= 11 is 0. The van der Waals surface area contributed by atoms with Crippen LogP contribution in [-0.4, -0.2) is 41.9 Å². The zero-order valence-electron chi connectivity index (χ0n) is 15.8. The molecule has 2 rings (SSSR count). The Hall–Kier alpha value is -1.88. The van der Waals surface area contributed by atoms with Gasteiger partial charge in [-0.05, 0) is 37.3 Å². The van der Waals surface area contributed by atoms with Crippen molar-refractivity contribution >= 4 is 11.8 Å². The second kappa shape index (κ2) is 8.99. The number of aryl methyl sites for hydroxylation is 1. The number of piperidine rings is 1. The lowest BCUT2D eigenvalue weighted by Gasteiger charge is -2.39. The van der Waals surface area contributed by atoms with Crippen LogP contribution in [0.5, 0.6) is 0 Å². The first-order chi connectivity index (χ1) is 11.9. The number of amides is 2. The van der Waals surface area contributed by atoms with Gasteiger partial charge in [0.1, 0.15) is 0 Å². The minimum atomic E-state index is -0.244. The lowest BCUT2D eigenvalue weighted by atomic mass is 9.89. The van der Waals surface area contributed by atoms with Crippen molar-refractivity contribution in [3.05, 3.63) is 35.4 Å². The van der Waals surface area contributed by atoms with E-state index in [2.05, 4.69) is 30.5 Å². The van der Waals surface area contributed by atoms with E-state index in [0.717, 1.165) is 31.5 Å². The molecule has 25 heavy (non-hydrogen) atoms. The standard InChI is InChI=1S/C20H31N3O2/c1-5-17-13-23(16(4)24)11-10-19(17)22-15(3)20(25)21-12-18-9-7-6-8-14(18)2/h6-9,15,17,19,22H,5,10-13H2,1-4H3,(H,21,25)/t15-,17+,19+/m0/s1. The highest BCUT2D eigenvalue weighted by molar-refractivity contribution is 5.81. The predicted molar refractivity (Wildman–Crippen MR) is 100 cm³/mol. The van der Waals surface area contributed by atoms with Gasteiger partial charge >= 0.3 is 0 Å². The molecule has 1 fully saturated rings. The highest BCUT2D eigenvalue weighted by Gasteiger charge is 2.30. The van der Waals surface area contributed by atoms with E-state index in [1.165, 1.54) is 5.56 Å². The maximum absolute atomic E-state index is 12.4. The third kappa shape index (κ3) is 5.30. The Morgan fingerprint density at radius 3 is 2.68 bits per heavy atom. The molecule has 138 valence electrons.